The molecule has 4 N–H and O–H groups in total. The van der Waals surface area contributed by atoms with Crippen molar-refractivity contribution < 1.29 is 19.1 Å². The maximum atomic E-state index is 11.8. The highest BCUT2D eigenvalue weighted by Crippen LogP contribution is 2.11. The number of carbonyl (C=O) groups is 2. The Morgan fingerprint density at radius 3 is 2.61 bits per heavy atom. The lowest BCUT2D eigenvalue weighted by molar-refractivity contribution is -0.140. The van der Waals surface area contributed by atoms with Crippen molar-refractivity contribution in [2.45, 2.75) is 32.9 Å². The highest BCUT2D eigenvalue weighted by molar-refractivity contribution is 5.94. The Kier molecular flexibility index (Phi) is 4.91. The van der Waals surface area contributed by atoms with E-state index in [4.69, 9.17) is 15.3 Å². The van der Waals surface area contributed by atoms with E-state index in [1.54, 1.807) is 13.0 Å². The van der Waals surface area contributed by atoms with Gasteiger partial charge in [0.15, 0.2) is 5.76 Å². The smallest absolute Gasteiger partial charge is 0.326 e. The molecule has 1 aromatic rings. The summed E-state index contributed by atoms with van der Waals surface area (Å²) in [5.41, 5.74) is 5.36. The molecule has 0 unspecified atom stereocenters. The monoisotopic (exact) mass is 254 g/mol. The Hall–Kier alpha value is -1.82. The number of hydrogen-bond donors (Lipinski definition) is 3. The molecule has 0 aromatic carbocycles. The summed E-state index contributed by atoms with van der Waals surface area (Å²) in [6.07, 6.45) is 0.656. The summed E-state index contributed by atoms with van der Waals surface area (Å²) >= 11 is 0. The number of nitrogens with two attached hydrogens (primary N) is 1. The van der Waals surface area contributed by atoms with Gasteiger partial charge in [-0.05, 0) is 18.1 Å². The van der Waals surface area contributed by atoms with Crippen LogP contribution < -0.4 is 11.1 Å². The summed E-state index contributed by atoms with van der Waals surface area (Å²) in [4.78, 5) is 22.9. The molecule has 6 heteroatoms. The summed E-state index contributed by atoms with van der Waals surface area (Å²) < 4.78 is 5.16. The fourth-order valence-electron chi connectivity index (χ4n) is 1.51. The van der Waals surface area contributed by atoms with Gasteiger partial charge < -0.3 is 20.6 Å². The number of furan rings is 1. The van der Waals surface area contributed by atoms with Crippen LogP contribution >= 0.6 is 0 Å². The van der Waals surface area contributed by atoms with Crippen molar-refractivity contribution in [3.8, 4) is 0 Å². The number of carbonyl (C=O) groups excluding carboxylic acids is 1. The van der Waals surface area contributed by atoms with Gasteiger partial charge in [-0.2, -0.15) is 0 Å². The third kappa shape index (κ3) is 3.33. The number of nitrogens with one attached hydrogen (secondary N) is 1. The molecule has 0 aliphatic heterocycles. The van der Waals surface area contributed by atoms with Crippen molar-refractivity contribution in [3.05, 3.63) is 23.7 Å². The zero-order valence-electron chi connectivity index (χ0n) is 10.5. The van der Waals surface area contributed by atoms with Gasteiger partial charge in [0, 0.05) is 0 Å². The standard InChI is InChI=1S/C12H18N2O4/c1-3-7(2)10(12(16)17)14-11(15)9-5-4-8(6-13)18-9/h4-5,7,10H,3,6,13H2,1-2H3,(H,14,15)(H,16,17)/t7-,10-/m0/s1. The van der Waals surface area contributed by atoms with E-state index in [0.717, 1.165) is 0 Å². The molecular weight excluding hydrogens is 236 g/mol. The summed E-state index contributed by atoms with van der Waals surface area (Å²) in [5, 5.41) is 11.5. The average molecular weight is 254 g/mol. The van der Waals surface area contributed by atoms with Gasteiger partial charge in [-0.3, -0.25) is 4.79 Å². The second kappa shape index (κ2) is 6.20. The largest absolute Gasteiger partial charge is 0.480 e. The molecule has 0 aliphatic rings. The summed E-state index contributed by atoms with van der Waals surface area (Å²) in [6, 6.07) is 2.15. The third-order valence-corrected chi connectivity index (χ3v) is 2.85. The van der Waals surface area contributed by atoms with Crippen LogP contribution in [0, 0.1) is 5.92 Å². The van der Waals surface area contributed by atoms with E-state index in [0.29, 0.717) is 12.2 Å². The Balaban J connectivity index is 2.75. The van der Waals surface area contributed by atoms with Crippen LogP contribution in [-0.4, -0.2) is 23.0 Å². The molecule has 0 bridgehead atoms. The van der Waals surface area contributed by atoms with E-state index in [1.165, 1.54) is 6.07 Å². The predicted octanol–water partition coefficient (Wildman–Crippen LogP) is 0.967. The lowest BCUT2D eigenvalue weighted by atomic mass is 9.99. The second-order valence-corrected chi connectivity index (χ2v) is 4.14. The third-order valence-electron chi connectivity index (χ3n) is 2.85. The number of hydrogen-bond acceptors (Lipinski definition) is 4. The molecular formula is C12H18N2O4. The Bertz CT molecular complexity index is 427. The summed E-state index contributed by atoms with van der Waals surface area (Å²) in [5.74, 6) is -1.19. The highest BCUT2D eigenvalue weighted by atomic mass is 16.4. The molecule has 18 heavy (non-hydrogen) atoms. The molecule has 1 aromatic heterocycles. The van der Waals surface area contributed by atoms with Gasteiger partial charge in [0.1, 0.15) is 11.8 Å². The van der Waals surface area contributed by atoms with Gasteiger partial charge in [0.2, 0.25) is 0 Å². The van der Waals surface area contributed by atoms with Crippen LogP contribution in [0.1, 0.15) is 36.6 Å². The first kappa shape index (κ1) is 14.2. The van der Waals surface area contributed by atoms with Crippen LogP contribution in [0.4, 0.5) is 0 Å². The van der Waals surface area contributed by atoms with E-state index >= 15 is 0 Å². The van der Waals surface area contributed by atoms with Crippen molar-refractivity contribution in [3.63, 3.8) is 0 Å². The molecule has 1 heterocycles. The molecule has 0 radical (unpaired) electrons. The van der Waals surface area contributed by atoms with Gasteiger partial charge >= 0.3 is 5.97 Å². The zero-order valence-corrected chi connectivity index (χ0v) is 10.5. The number of amides is 1. The molecule has 0 aliphatic carbocycles. The Labute approximate surface area is 105 Å². The maximum absolute atomic E-state index is 11.8. The van der Waals surface area contributed by atoms with E-state index < -0.39 is 17.9 Å². The van der Waals surface area contributed by atoms with Crippen LogP contribution in [0.2, 0.25) is 0 Å². The van der Waals surface area contributed by atoms with Crippen LogP contribution in [0.15, 0.2) is 16.5 Å². The predicted molar refractivity (Wildman–Crippen MR) is 64.9 cm³/mol. The highest BCUT2D eigenvalue weighted by Gasteiger charge is 2.26. The van der Waals surface area contributed by atoms with E-state index in [-0.39, 0.29) is 18.2 Å². The van der Waals surface area contributed by atoms with Gasteiger partial charge in [0.25, 0.3) is 5.91 Å². The number of carboxylic acid groups (broad SMARTS) is 1. The van der Waals surface area contributed by atoms with Crippen LogP contribution in [0.5, 0.6) is 0 Å². The quantitative estimate of drug-likeness (QED) is 0.701. The Morgan fingerprint density at radius 2 is 2.17 bits per heavy atom. The SMILES string of the molecule is CC[C@H](C)[C@H](NC(=O)c1ccc(CN)o1)C(=O)O. The fourth-order valence-corrected chi connectivity index (χ4v) is 1.51. The second-order valence-electron chi connectivity index (χ2n) is 4.14. The molecule has 100 valence electrons. The molecule has 6 nitrogen and oxygen atoms in total. The van der Waals surface area contributed by atoms with Crippen LogP contribution in [0.25, 0.3) is 0 Å². The van der Waals surface area contributed by atoms with Gasteiger partial charge in [-0.15, -0.1) is 0 Å². The molecule has 1 amide bonds. The van der Waals surface area contributed by atoms with Gasteiger partial charge in [-0.25, -0.2) is 4.79 Å². The summed E-state index contributed by atoms with van der Waals surface area (Å²) in [6.45, 7) is 3.83. The first-order chi connectivity index (χ1) is 8.49. The van der Waals surface area contributed by atoms with Gasteiger partial charge in [0.05, 0.1) is 6.54 Å². The molecule has 0 saturated heterocycles. The molecule has 2 atom stereocenters. The van der Waals surface area contributed by atoms with Crippen molar-refractivity contribution in [2.75, 3.05) is 0 Å². The molecule has 0 spiro atoms. The Morgan fingerprint density at radius 1 is 1.50 bits per heavy atom. The molecule has 0 fully saturated rings. The number of rotatable bonds is 6. The van der Waals surface area contributed by atoms with Crippen molar-refractivity contribution in [1.29, 1.82) is 0 Å². The van der Waals surface area contributed by atoms with E-state index in [9.17, 15) is 9.59 Å². The maximum Gasteiger partial charge on any atom is 0.326 e. The lowest BCUT2D eigenvalue weighted by Gasteiger charge is -2.19. The van der Waals surface area contributed by atoms with Gasteiger partial charge in [-0.1, -0.05) is 20.3 Å². The zero-order chi connectivity index (χ0) is 13.7. The number of aliphatic carboxylic acids is 1. The minimum atomic E-state index is -1.05. The minimum Gasteiger partial charge on any atom is -0.480 e. The summed E-state index contributed by atoms with van der Waals surface area (Å²) in [7, 11) is 0. The normalized spacial score (nSPS) is 13.9. The van der Waals surface area contributed by atoms with Crippen molar-refractivity contribution in [1.82, 2.24) is 5.32 Å². The van der Waals surface area contributed by atoms with Crippen molar-refractivity contribution in [2.24, 2.45) is 11.7 Å². The van der Waals surface area contributed by atoms with Crippen molar-refractivity contribution >= 4 is 11.9 Å². The fraction of sp³-hybridized carbons (Fsp3) is 0.500. The number of carboxylic acids is 1. The van der Waals surface area contributed by atoms with Crippen LogP contribution in [-0.2, 0) is 11.3 Å². The van der Waals surface area contributed by atoms with E-state index in [1.807, 2.05) is 6.92 Å². The molecule has 1 rings (SSSR count). The minimum absolute atomic E-state index is 0.0741. The van der Waals surface area contributed by atoms with E-state index in [2.05, 4.69) is 5.32 Å². The first-order valence-electron chi connectivity index (χ1n) is 5.82. The molecule has 0 saturated carbocycles. The lowest BCUT2D eigenvalue weighted by Crippen LogP contribution is -2.44. The topological polar surface area (TPSA) is 106 Å². The average Bonchev–Trinajstić information content (AvgIpc) is 2.83. The first-order valence-corrected chi connectivity index (χ1v) is 5.82. The van der Waals surface area contributed by atoms with Crippen LogP contribution in [0.3, 0.4) is 0 Å².